The molecule has 0 saturated heterocycles. The molecule has 0 bridgehead atoms. The molecule has 0 fully saturated rings. The van der Waals surface area contributed by atoms with Gasteiger partial charge in [0.05, 0.1) is 6.54 Å². The molecular weight excluding hydrogens is 258 g/mol. The Hall–Kier alpha value is -1.95. The average molecular weight is 272 g/mol. The first-order valence-corrected chi connectivity index (χ1v) is 6.32. The van der Waals surface area contributed by atoms with Crippen LogP contribution in [-0.2, 0) is 6.61 Å². The van der Waals surface area contributed by atoms with Gasteiger partial charge in [0.1, 0.15) is 12.4 Å². The maximum absolute atomic E-state index is 5.83. The van der Waals surface area contributed by atoms with Crippen molar-refractivity contribution in [3.63, 3.8) is 0 Å². The van der Waals surface area contributed by atoms with Gasteiger partial charge < -0.3 is 10.5 Å². The third kappa shape index (κ3) is 4.33. The molecule has 2 nitrogen and oxygen atoms in total. The van der Waals surface area contributed by atoms with Crippen LogP contribution in [0.3, 0.4) is 0 Å². The van der Waals surface area contributed by atoms with Gasteiger partial charge in [0.15, 0.2) is 0 Å². The first-order chi connectivity index (χ1) is 9.28. The highest BCUT2D eigenvalue weighted by Crippen LogP contribution is 2.15. The molecule has 2 aromatic rings. The fourth-order valence-electron chi connectivity index (χ4n) is 1.53. The van der Waals surface area contributed by atoms with Gasteiger partial charge >= 0.3 is 0 Å². The standard InChI is InChI=1S/C16H14ClNO/c17-15-7-3-14(4-8-15)12-19-16-9-5-13(6-10-16)2-1-11-18/h3-10H,11-12,18H2. The summed E-state index contributed by atoms with van der Waals surface area (Å²) in [5.41, 5.74) is 7.34. The van der Waals surface area contributed by atoms with E-state index in [1.807, 2.05) is 48.5 Å². The van der Waals surface area contributed by atoms with Gasteiger partial charge in [-0.25, -0.2) is 0 Å². The molecule has 2 rings (SSSR count). The lowest BCUT2D eigenvalue weighted by Gasteiger charge is -2.06. The molecule has 0 radical (unpaired) electrons. The summed E-state index contributed by atoms with van der Waals surface area (Å²) < 4.78 is 5.68. The first kappa shape index (κ1) is 13.5. The molecule has 0 unspecified atom stereocenters. The molecule has 0 heterocycles. The molecule has 0 atom stereocenters. The first-order valence-electron chi connectivity index (χ1n) is 5.94. The fraction of sp³-hybridized carbons (Fsp3) is 0.125. The van der Waals surface area contributed by atoms with E-state index < -0.39 is 0 Å². The third-order valence-electron chi connectivity index (χ3n) is 2.51. The zero-order valence-corrected chi connectivity index (χ0v) is 11.2. The highest BCUT2D eigenvalue weighted by Gasteiger charge is 1.96. The predicted molar refractivity (Wildman–Crippen MR) is 78.2 cm³/mol. The smallest absolute Gasteiger partial charge is 0.119 e. The molecule has 96 valence electrons. The highest BCUT2D eigenvalue weighted by molar-refractivity contribution is 6.30. The lowest BCUT2D eigenvalue weighted by molar-refractivity contribution is 0.306. The second kappa shape index (κ2) is 6.84. The largest absolute Gasteiger partial charge is 0.489 e. The maximum atomic E-state index is 5.83. The van der Waals surface area contributed by atoms with Gasteiger partial charge in [-0.1, -0.05) is 35.6 Å². The van der Waals surface area contributed by atoms with E-state index in [2.05, 4.69) is 11.8 Å². The number of halogens is 1. The van der Waals surface area contributed by atoms with E-state index in [0.29, 0.717) is 13.2 Å². The lowest BCUT2D eigenvalue weighted by Crippen LogP contribution is -1.95. The van der Waals surface area contributed by atoms with Gasteiger partial charge in [-0.15, -0.1) is 0 Å². The van der Waals surface area contributed by atoms with E-state index in [9.17, 15) is 0 Å². The molecule has 19 heavy (non-hydrogen) atoms. The van der Waals surface area contributed by atoms with E-state index in [0.717, 1.165) is 21.9 Å². The Morgan fingerprint density at radius 3 is 2.32 bits per heavy atom. The van der Waals surface area contributed by atoms with Crippen LogP contribution in [0, 0.1) is 11.8 Å². The molecule has 3 heteroatoms. The van der Waals surface area contributed by atoms with Crippen molar-refractivity contribution in [1.82, 2.24) is 0 Å². The van der Waals surface area contributed by atoms with Crippen LogP contribution in [0.25, 0.3) is 0 Å². The van der Waals surface area contributed by atoms with Crippen molar-refractivity contribution in [2.24, 2.45) is 5.73 Å². The molecule has 0 aromatic heterocycles. The average Bonchev–Trinajstić information content (AvgIpc) is 2.46. The van der Waals surface area contributed by atoms with Crippen LogP contribution in [0.4, 0.5) is 0 Å². The number of ether oxygens (including phenoxy) is 1. The van der Waals surface area contributed by atoms with E-state index in [4.69, 9.17) is 22.1 Å². The van der Waals surface area contributed by atoms with Crippen molar-refractivity contribution in [1.29, 1.82) is 0 Å². The minimum Gasteiger partial charge on any atom is -0.489 e. The van der Waals surface area contributed by atoms with Crippen molar-refractivity contribution >= 4 is 11.6 Å². The van der Waals surface area contributed by atoms with Crippen molar-refractivity contribution in [2.75, 3.05) is 6.54 Å². The van der Waals surface area contributed by atoms with E-state index in [-0.39, 0.29) is 0 Å². The van der Waals surface area contributed by atoms with Crippen molar-refractivity contribution in [2.45, 2.75) is 6.61 Å². The number of rotatable bonds is 3. The van der Waals surface area contributed by atoms with Gasteiger partial charge in [0.2, 0.25) is 0 Å². The van der Waals surface area contributed by atoms with Gasteiger partial charge in [0.25, 0.3) is 0 Å². The Morgan fingerprint density at radius 1 is 1.00 bits per heavy atom. The molecule has 0 aliphatic carbocycles. The summed E-state index contributed by atoms with van der Waals surface area (Å²) in [6, 6.07) is 15.2. The van der Waals surface area contributed by atoms with Crippen LogP contribution in [0.15, 0.2) is 48.5 Å². The molecule has 0 amide bonds. The molecular formula is C16H14ClNO. The van der Waals surface area contributed by atoms with Gasteiger partial charge in [-0.05, 0) is 42.0 Å². The van der Waals surface area contributed by atoms with Crippen LogP contribution in [0.5, 0.6) is 5.75 Å². The summed E-state index contributed by atoms with van der Waals surface area (Å²) in [4.78, 5) is 0. The SMILES string of the molecule is NCC#Cc1ccc(OCc2ccc(Cl)cc2)cc1. The van der Waals surface area contributed by atoms with Crippen LogP contribution in [0.2, 0.25) is 5.02 Å². The van der Waals surface area contributed by atoms with Crippen LogP contribution in [-0.4, -0.2) is 6.54 Å². The molecule has 0 spiro atoms. The zero-order chi connectivity index (χ0) is 13.5. The Morgan fingerprint density at radius 2 is 1.68 bits per heavy atom. The molecule has 2 aromatic carbocycles. The monoisotopic (exact) mass is 271 g/mol. The van der Waals surface area contributed by atoms with Crippen molar-refractivity contribution in [3.8, 4) is 17.6 Å². The van der Waals surface area contributed by atoms with Crippen LogP contribution in [0.1, 0.15) is 11.1 Å². The van der Waals surface area contributed by atoms with Crippen LogP contribution < -0.4 is 10.5 Å². The quantitative estimate of drug-likeness (QED) is 0.870. The van der Waals surface area contributed by atoms with Crippen molar-refractivity contribution in [3.05, 3.63) is 64.7 Å². The van der Waals surface area contributed by atoms with E-state index in [1.54, 1.807) is 0 Å². The fourth-order valence-corrected chi connectivity index (χ4v) is 1.66. The summed E-state index contributed by atoms with van der Waals surface area (Å²) in [7, 11) is 0. The van der Waals surface area contributed by atoms with Crippen molar-refractivity contribution < 1.29 is 4.74 Å². The maximum Gasteiger partial charge on any atom is 0.119 e. The minimum absolute atomic E-state index is 0.370. The Labute approximate surface area is 118 Å². The zero-order valence-electron chi connectivity index (χ0n) is 10.4. The molecule has 0 aliphatic heterocycles. The minimum atomic E-state index is 0.370. The Bertz CT molecular complexity index is 579. The summed E-state index contributed by atoms with van der Waals surface area (Å²) in [5.74, 6) is 6.59. The van der Waals surface area contributed by atoms with Gasteiger partial charge in [0, 0.05) is 10.6 Å². The molecule has 0 aliphatic rings. The van der Waals surface area contributed by atoms with Gasteiger partial charge in [-0.3, -0.25) is 0 Å². The Kier molecular flexibility index (Phi) is 4.85. The summed E-state index contributed by atoms with van der Waals surface area (Å²) in [6.07, 6.45) is 0. The summed E-state index contributed by atoms with van der Waals surface area (Å²) in [5, 5.41) is 0.728. The molecule has 0 saturated carbocycles. The number of hydrogen-bond donors (Lipinski definition) is 1. The summed E-state index contributed by atoms with van der Waals surface area (Å²) in [6.45, 7) is 0.889. The lowest BCUT2D eigenvalue weighted by atomic mass is 10.2. The summed E-state index contributed by atoms with van der Waals surface area (Å²) >= 11 is 5.83. The Balaban J connectivity index is 1.94. The number of benzene rings is 2. The topological polar surface area (TPSA) is 35.2 Å². The predicted octanol–water partition coefficient (Wildman–Crippen LogP) is 3.23. The highest BCUT2D eigenvalue weighted by atomic mass is 35.5. The third-order valence-corrected chi connectivity index (χ3v) is 2.76. The van der Waals surface area contributed by atoms with E-state index >= 15 is 0 Å². The number of nitrogens with two attached hydrogens (primary N) is 1. The number of hydrogen-bond acceptors (Lipinski definition) is 2. The second-order valence-corrected chi connectivity index (χ2v) is 4.38. The van der Waals surface area contributed by atoms with Gasteiger partial charge in [-0.2, -0.15) is 0 Å². The van der Waals surface area contributed by atoms with E-state index in [1.165, 1.54) is 0 Å². The normalized spacial score (nSPS) is 9.58. The molecule has 2 N–H and O–H groups in total. The van der Waals surface area contributed by atoms with Crippen LogP contribution >= 0.6 is 11.6 Å². The second-order valence-electron chi connectivity index (χ2n) is 3.95.